The predicted octanol–water partition coefficient (Wildman–Crippen LogP) is 1.55. The third-order valence-electron chi connectivity index (χ3n) is 6.00. The lowest BCUT2D eigenvalue weighted by atomic mass is 9.96. The highest BCUT2D eigenvalue weighted by Crippen LogP contribution is 2.24. The molecule has 1 aromatic carbocycles. The highest BCUT2D eigenvalue weighted by atomic mass is 16.5. The molecule has 2 aliphatic heterocycles. The number of hydrogen-bond donors (Lipinski definition) is 3. The van der Waals surface area contributed by atoms with Crippen LogP contribution in [0.5, 0.6) is 5.75 Å². The van der Waals surface area contributed by atoms with Gasteiger partial charge < -0.3 is 15.0 Å². The third-order valence-corrected chi connectivity index (χ3v) is 6.00. The summed E-state index contributed by atoms with van der Waals surface area (Å²) in [6, 6.07) is 13.1. The number of hydrogen-bond acceptors (Lipinski definition) is 6. The Morgan fingerprint density at radius 3 is 2.84 bits per heavy atom. The molecular weight excluding hydrogens is 394 g/mol. The van der Waals surface area contributed by atoms with Crippen molar-refractivity contribution in [2.75, 3.05) is 20.2 Å². The summed E-state index contributed by atoms with van der Waals surface area (Å²) in [7, 11) is 1.62. The van der Waals surface area contributed by atoms with Gasteiger partial charge in [-0.1, -0.05) is 24.3 Å². The van der Waals surface area contributed by atoms with Crippen LogP contribution in [0.25, 0.3) is 0 Å². The Balaban J connectivity index is 1.31. The van der Waals surface area contributed by atoms with Gasteiger partial charge in [-0.05, 0) is 37.5 Å². The van der Waals surface area contributed by atoms with Crippen molar-refractivity contribution < 1.29 is 14.3 Å². The molecule has 2 aromatic rings. The standard InChI is InChI=1S/C23H29N5O3/c1-31-21-10-3-2-7-16(21)14-25-22(29)17-8-6-12-28(15-17)23(30)20-13-19(26-27-20)18-9-4-5-11-24-18/h2-5,7,9-11,17,19-20,26-27H,6,8,12-15H2,1H3,(H,25,29). The number of aromatic nitrogens is 1. The molecule has 0 saturated carbocycles. The summed E-state index contributed by atoms with van der Waals surface area (Å²) < 4.78 is 5.35. The summed E-state index contributed by atoms with van der Waals surface area (Å²) in [5.41, 5.74) is 8.13. The van der Waals surface area contributed by atoms with Crippen LogP contribution in [-0.4, -0.2) is 47.9 Å². The number of carbonyl (C=O) groups is 2. The van der Waals surface area contributed by atoms with Crippen LogP contribution in [0.2, 0.25) is 0 Å². The van der Waals surface area contributed by atoms with E-state index in [0.29, 0.717) is 26.1 Å². The van der Waals surface area contributed by atoms with Crippen LogP contribution in [0.4, 0.5) is 0 Å². The number of likely N-dealkylation sites (tertiary alicyclic amines) is 1. The Morgan fingerprint density at radius 2 is 2.03 bits per heavy atom. The van der Waals surface area contributed by atoms with Crippen molar-refractivity contribution in [1.29, 1.82) is 0 Å². The van der Waals surface area contributed by atoms with Gasteiger partial charge in [0.05, 0.1) is 24.8 Å². The van der Waals surface area contributed by atoms with Crippen LogP contribution in [0.3, 0.4) is 0 Å². The molecule has 31 heavy (non-hydrogen) atoms. The lowest BCUT2D eigenvalue weighted by Gasteiger charge is -2.33. The molecule has 8 nitrogen and oxygen atoms in total. The van der Waals surface area contributed by atoms with E-state index < -0.39 is 0 Å². The fourth-order valence-corrected chi connectivity index (χ4v) is 4.28. The molecule has 3 atom stereocenters. The van der Waals surface area contributed by atoms with Crippen LogP contribution in [0.15, 0.2) is 48.7 Å². The van der Waals surface area contributed by atoms with Gasteiger partial charge >= 0.3 is 0 Å². The molecule has 0 spiro atoms. The van der Waals surface area contributed by atoms with Gasteiger partial charge in [-0.25, -0.2) is 10.9 Å². The van der Waals surface area contributed by atoms with Gasteiger partial charge in [0.25, 0.3) is 0 Å². The van der Waals surface area contributed by atoms with E-state index in [2.05, 4.69) is 21.2 Å². The molecule has 2 amide bonds. The van der Waals surface area contributed by atoms with Crippen molar-refractivity contribution in [1.82, 2.24) is 26.1 Å². The highest BCUT2D eigenvalue weighted by Gasteiger charge is 2.36. The monoisotopic (exact) mass is 423 g/mol. The molecule has 3 unspecified atom stereocenters. The number of ether oxygens (including phenoxy) is 1. The number of nitrogens with one attached hydrogen (secondary N) is 3. The molecule has 4 rings (SSSR count). The van der Waals surface area contributed by atoms with Crippen LogP contribution in [0.1, 0.15) is 36.6 Å². The summed E-state index contributed by atoms with van der Waals surface area (Å²) in [5.74, 6) is 0.569. The topological polar surface area (TPSA) is 95.6 Å². The molecule has 3 heterocycles. The van der Waals surface area contributed by atoms with Gasteiger partial charge in [-0.15, -0.1) is 0 Å². The van der Waals surface area contributed by atoms with Crippen molar-refractivity contribution in [2.45, 2.75) is 37.9 Å². The third kappa shape index (κ3) is 5.03. The Hall–Kier alpha value is -2.97. The van der Waals surface area contributed by atoms with Gasteiger partial charge in [0.2, 0.25) is 11.8 Å². The van der Waals surface area contributed by atoms with Gasteiger partial charge in [0, 0.05) is 31.4 Å². The van der Waals surface area contributed by atoms with Crippen molar-refractivity contribution in [3.05, 3.63) is 59.9 Å². The van der Waals surface area contributed by atoms with E-state index >= 15 is 0 Å². The summed E-state index contributed by atoms with van der Waals surface area (Å²) in [5, 5.41) is 3.01. The first kappa shape index (κ1) is 21.3. The fourth-order valence-electron chi connectivity index (χ4n) is 4.28. The minimum Gasteiger partial charge on any atom is -0.496 e. The number of para-hydroxylation sites is 1. The minimum atomic E-state index is -0.317. The molecule has 2 saturated heterocycles. The van der Waals surface area contributed by atoms with Gasteiger partial charge in [-0.2, -0.15) is 0 Å². The van der Waals surface area contributed by atoms with E-state index in [-0.39, 0.29) is 29.8 Å². The molecule has 0 aliphatic carbocycles. The number of methoxy groups -OCH3 is 1. The Labute approximate surface area is 182 Å². The smallest absolute Gasteiger partial charge is 0.241 e. The lowest BCUT2D eigenvalue weighted by molar-refractivity contribution is -0.137. The second kappa shape index (κ2) is 9.89. The second-order valence-electron chi connectivity index (χ2n) is 8.04. The number of benzene rings is 1. The number of pyridine rings is 1. The Bertz CT molecular complexity index is 907. The first-order valence-electron chi connectivity index (χ1n) is 10.8. The van der Waals surface area contributed by atoms with Gasteiger partial charge in [0.15, 0.2) is 0 Å². The van der Waals surface area contributed by atoms with E-state index in [4.69, 9.17) is 4.74 Å². The number of carbonyl (C=O) groups excluding carboxylic acids is 2. The average Bonchev–Trinajstić information content (AvgIpc) is 3.33. The molecule has 1 aromatic heterocycles. The molecule has 3 N–H and O–H groups in total. The normalized spacial score (nSPS) is 23.4. The lowest BCUT2D eigenvalue weighted by Crippen LogP contribution is -2.51. The number of piperidine rings is 1. The average molecular weight is 424 g/mol. The Morgan fingerprint density at radius 1 is 1.19 bits per heavy atom. The van der Waals surface area contributed by atoms with Crippen molar-refractivity contribution in [3.63, 3.8) is 0 Å². The molecule has 0 bridgehead atoms. The summed E-state index contributed by atoms with van der Waals surface area (Å²) in [6.45, 7) is 1.54. The zero-order valence-electron chi connectivity index (χ0n) is 17.7. The maximum atomic E-state index is 13.1. The largest absolute Gasteiger partial charge is 0.496 e. The SMILES string of the molecule is COc1ccccc1CNC(=O)C1CCCN(C(=O)C2CC(c3ccccn3)NN2)C1. The van der Waals surface area contributed by atoms with Crippen molar-refractivity contribution >= 4 is 11.8 Å². The van der Waals surface area contributed by atoms with Crippen LogP contribution < -0.4 is 20.9 Å². The van der Waals surface area contributed by atoms with Crippen LogP contribution >= 0.6 is 0 Å². The zero-order chi connectivity index (χ0) is 21.6. The summed E-state index contributed by atoms with van der Waals surface area (Å²) >= 11 is 0. The highest BCUT2D eigenvalue weighted by molar-refractivity contribution is 5.84. The summed E-state index contributed by atoms with van der Waals surface area (Å²) in [4.78, 5) is 32.0. The van der Waals surface area contributed by atoms with E-state index in [9.17, 15) is 9.59 Å². The molecule has 8 heteroatoms. The van der Waals surface area contributed by atoms with E-state index in [0.717, 1.165) is 29.8 Å². The molecule has 2 aliphatic rings. The van der Waals surface area contributed by atoms with Gasteiger partial charge in [0.1, 0.15) is 11.8 Å². The Kier molecular flexibility index (Phi) is 6.79. The molecule has 0 radical (unpaired) electrons. The number of amides is 2. The van der Waals surface area contributed by atoms with Gasteiger partial charge in [-0.3, -0.25) is 14.6 Å². The number of hydrazine groups is 1. The maximum absolute atomic E-state index is 13.1. The van der Waals surface area contributed by atoms with E-state index in [1.807, 2.05) is 47.4 Å². The van der Waals surface area contributed by atoms with Crippen LogP contribution in [0, 0.1) is 5.92 Å². The quantitative estimate of drug-likeness (QED) is 0.653. The van der Waals surface area contributed by atoms with Crippen molar-refractivity contribution in [2.24, 2.45) is 5.92 Å². The maximum Gasteiger partial charge on any atom is 0.241 e. The van der Waals surface area contributed by atoms with Crippen LogP contribution in [-0.2, 0) is 16.1 Å². The van der Waals surface area contributed by atoms with Crippen molar-refractivity contribution in [3.8, 4) is 5.75 Å². The predicted molar refractivity (Wildman–Crippen MR) is 116 cm³/mol. The number of rotatable bonds is 6. The molecule has 2 fully saturated rings. The first-order chi connectivity index (χ1) is 15.2. The van der Waals surface area contributed by atoms with E-state index in [1.165, 1.54) is 0 Å². The fraction of sp³-hybridized carbons (Fsp3) is 0.435. The number of nitrogens with zero attached hydrogens (tertiary/aromatic N) is 2. The van der Waals surface area contributed by atoms with E-state index in [1.54, 1.807) is 13.3 Å². The first-order valence-corrected chi connectivity index (χ1v) is 10.8. The zero-order valence-corrected chi connectivity index (χ0v) is 17.7. The molecular formula is C23H29N5O3. The minimum absolute atomic E-state index is 0.000103. The summed E-state index contributed by atoms with van der Waals surface area (Å²) in [6.07, 6.45) is 4.00. The molecule has 164 valence electrons. The second-order valence-corrected chi connectivity index (χ2v) is 8.04.